The highest BCUT2D eigenvalue weighted by atomic mass is 32.2. The van der Waals surface area contributed by atoms with Crippen LogP contribution in [0.4, 0.5) is 30.2 Å². The first-order valence-electron chi connectivity index (χ1n) is 11.1. The van der Waals surface area contributed by atoms with E-state index in [1.807, 2.05) is 0 Å². The number of benzene rings is 3. The Labute approximate surface area is 216 Å². The molecule has 3 aromatic rings. The number of carbonyl (C=O) groups excluding carboxylic acids is 2. The Morgan fingerprint density at radius 1 is 1.00 bits per heavy atom. The van der Waals surface area contributed by atoms with Crippen molar-refractivity contribution in [2.75, 3.05) is 41.8 Å². The van der Waals surface area contributed by atoms with Crippen molar-refractivity contribution < 1.29 is 40.7 Å². The summed E-state index contributed by atoms with van der Waals surface area (Å²) in [6.45, 7) is -1.29. The maximum Gasteiger partial charge on any atom is 0.416 e. The fraction of sp³-hybridized carbons (Fsp3) is 0.200. The topological polar surface area (TPSA) is 105 Å². The average Bonchev–Trinajstić information content (AvgIpc) is 2.90. The number of methoxy groups -OCH3 is 2. The molecule has 0 aromatic heterocycles. The lowest BCUT2D eigenvalue weighted by molar-refractivity contribution is -0.137. The van der Waals surface area contributed by atoms with Crippen molar-refractivity contribution >= 4 is 38.9 Å². The van der Waals surface area contributed by atoms with Crippen LogP contribution in [0.5, 0.6) is 11.5 Å². The molecule has 9 nitrogen and oxygen atoms in total. The molecular weight excluding hydrogens is 527 g/mol. The van der Waals surface area contributed by atoms with Crippen LogP contribution in [-0.2, 0) is 25.8 Å². The Hall–Kier alpha value is -4.26. The van der Waals surface area contributed by atoms with E-state index in [9.17, 15) is 31.2 Å². The van der Waals surface area contributed by atoms with Gasteiger partial charge in [-0.2, -0.15) is 13.2 Å². The molecule has 0 fully saturated rings. The monoisotopic (exact) mass is 549 g/mol. The molecule has 0 saturated carbocycles. The molecule has 38 heavy (non-hydrogen) atoms. The van der Waals surface area contributed by atoms with Gasteiger partial charge in [0.15, 0.2) is 11.5 Å². The van der Waals surface area contributed by atoms with E-state index in [-0.39, 0.29) is 16.4 Å². The summed E-state index contributed by atoms with van der Waals surface area (Å²) in [6, 6.07) is 13.7. The van der Waals surface area contributed by atoms with E-state index in [0.717, 1.165) is 29.2 Å². The van der Waals surface area contributed by atoms with Crippen molar-refractivity contribution in [1.29, 1.82) is 0 Å². The Balaban J connectivity index is 1.81. The first-order chi connectivity index (χ1) is 18.0. The van der Waals surface area contributed by atoms with Crippen LogP contribution in [0.1, 0.15) is 5.56 Å². The van der Waals surface area contributed by atoms with Crippen molar-refractivity contribution in [2.45, 2.75) is 11.1 Å². The van der Waals surface area contributed by atoms with E-state index in [4.69, 9.17) is 9.47 Å². The first kappa shape index (κ1) is 26.8. The number of amides is 2. The summed E-state index contributed by atoms with van der Waals surface area (Å²) in [4.78, 5) is 26.4. The number of nitrogens with one attached hydrogen (secondary N) is 1. The molecule has 1 aliphatic heterocycles. The van der Waals surface area contributed by atoms with Gasteiger partial charge in [0.2, 0.25) is 11.8 Å². The number of para-hydroxylation sites is 2. The lowest BCUT2D eigenvalue weighted by Gasteiger charge is -2.32. The molecule has 0 atom stereocenters. The van der Waals surface area contributed by atoms with E-state index in [2.05, 4.69) is 5.32 Å². The van der Waals surface area contributed by atoms with E-state index in [1.54, 1.807) is 24.3 Å². The first-order valence-corrected chi connectivity index (χ1v) is 12.5. The molecule has 0 unspecified atom stereocenters. The Bertz CT molecular complexity index is 1490. The predicted octanol–water partition coefficient (Wildman–Crippen LogP) is 3.90. The molecule has 1 heterocycles. The van der Waals surface area contributed by atoms with E-state index in [0.29, 0.717) is 21.7 Å². The van der Waals surface area contributed by atoms with Crippen LogP contribution in [0, 0.1) is 0 Å². The summed E-state index contributed by atoms with van der Waals surface area (Å²) in [5.41, 5.74) is -0.828. The quantitative estimate of drug-likeness (QED) is 0.479. The van der Waals surface area contributed by atoms with Crippen molar-refractivity contribution in [3.05, 3.63) is 72.3 Å². The standard InChI is InChI=1S/C25H22F3N3O6S/c1-36-21-11-10-18(13-22(21)37-2)38(34,35)31(17-7-5-6-16(12-17)25(26,27)28)15-24(33)30-14-23(32)29-19-8-3-4-9-20(19)30/h3-13H,14-15H2,1-2H3,(H,29,32). The molecule has 3 aromatic carbocycles. The minimum absolute atomic E-state index is 0.0607. The number of alkyl halides is 3. The summed E-state index contributed by atoms with van der Waals surface area (Å²) < 4.78 is 78.9. The second kappa shape index (κ2) is 10.2. The van der Waals surface area contributed by atoms with Gasteiger partial charge in [-0.3, -0.25) is 18.8 Å². The van der Waals surface area contributed by atoms with E-state index < -0.39 is 52.4 Å². The van der Waals surface area contributed by atoms with Crippen LogP contribution in [0.2, 0.25) is 0 Å². The zero-order valence-electron chi connectivity index (χ0n) is 20.2. The smallest absolute Gasteiger partial charge is 0.416 e. The third-order valence-electron chi connectivity index (χ3n) is 5.76. The average molecular weight is 550 g/mol. The van der Waals surface area contributed by atoms with Gasteiger partial charge in [-0.15, -0.1) is 0 Å². The molecule has 200 valence electrons. The van der Waals surface area contributed by atoms with Gasteiger partial charge >= 0.3 is 6.18 Å². The van der Waals surface area contributed by atoms with Crippen LogP contribution in [0.25, 0.3) is 0 Å². The van der Waals surface area contributed by atoms with Crippen LogP contribution in [0.15, 0.2) is 71.6 Å². The number of ether oxygens (including phenoxy) is 2. The Morgan fingerprint density at radius 2 is 1.71 bits per heavy atom. The van der Waals surface area contributed by atoms with Gasteiger partial charge in [-0.25, -0.2) is 8.42 Å². The predicted molar refractivity (Wildman–Crippen MR) is 133 cm³/mol. The SMILES string of the molecule is COc1ccc(S(=O)(=O)N(CC(=O)N2CC(=O)Nc3ccccc32)c2cccc(C(F)(F)F)c2)cc1OC. The molecule has 4 rings (SSSR count). The summed E-state index contributed by atoms with van der Waals surface area (Å²) in [5, 5.41) is 2.62. The maximum absolute atomic E-state index is 13.8. The molecule has 1 aliphatic rings. The highest BCUT2D eigenvalue weighted by molar-refractivity contribution is 7.92. The molecule has 2 amide bonds. The lowest BCUT2D eigenvalue weighted by atomic mass is 10.2. The van der Waals surface area contributed by atoms with Gasteiger partial charge in [-0.05, 0) is 42.5 Å². The molecule has 1 N–H and O–H groups in total. The van der Waals surface area contributed by atoms with Gasteiger partial charge in [0.1, 0.15) is 13.1 Å². The van der Waals surface area contributed by atoms with Crippen LogP contribution >= 0.6 is 0 Å². The number of hydrogen-bond acceptors (Lipinski definition) is 6. The van der Waals surface area contributed by atoms with Crippen molar-refractivity contribution in [1.82, 2.24) is 0 Å². The van der Waals surface area contributed by atoms with Gasteiger partial charge in [0.05, 0.1) is 41.7 Å². The molecule has 13 heteroatoms. The molecular formula is C25H22F3N3O6S. The summed E-state index contributed by atoms with van der Waals surface area (Å²) in [6.07, 6.45) is -4.76. The second-order valence-electron chi connectivity index (χ2n) is 8.12. The van der Waals surface area contributed by atoms with Crippen LogP contribution in [-0.4, -0.2) is 47.5 Å². The minimum atomic E-state index is -4.76. The highest BCUT2D eigenvalue weighted by Crippen LogP contribution is 2.36. The fourth-order valence-corrected chi connectivity index (χ4v) is 5.34. The number of hydrogen-bond donors (Lipinski definition) is 1. The second-order valence-corrected chi connectivity index (χ2v) is 9.98. The summed E-state index contributed by atoms with van der Waals surface area (Å²) >= 11 is 0. The number of nitrogens with zero attached hydrogens (tertiary/aromatic N) is 2. The summed E-state index contributed by atoms with van der Waals surface area (Å²) in [5.74, 6) is -1.05. The van der Waals surface area contributed by atoms with Crippen molar-refractivity contribution in [3.8, 4) is 11.5 Å². The van der Waals surface area contributed by atoms with Crippen molar-refractivity contribution in [2.24, 2.45) is 0 Å². The van der Waals surface area contributed by atoms with E-state index in [1.165, 1.54) is 26.4 Å². The highest BCUT2D eigenvalue weighted by Gasteiger charge is 2.35. The number of sulfonamides is 1. The number of halogens is 3. The van der Waals surface area contributed by atoms with Gasteiger partial charge in [0, 0.05) is 6.07 Å². The maximum atomic E-state index is 13.8. The third-order valence-corrected chi connectivity index (χ3v) is 7.52. The number of anilines is 3. The molecule has 0 saturated heterocycles. The fourth-order valence-electron chi connectivity index (χ4n) is 3.92. The van der Waals surface area contributed by atoms with Crippen LogP contribution < -0.4 is 24.0 Å². The Kier molecular flexibility index (Phi) is 7.22. The van der Waals surface area contributed by atoms with E-state index >= 15 is 0 Å². The number of fused-ring (bicyclic) bond motifs is 1. The lowest BCUT2D eigenvalue weighted by Crippen LogP contribution is -2.48. The van der Waals surface area contributed by atoms with Crippen LogP contribution in [0.3, 0.4) is 0 Å². The molecule has 0 bridgehead atoms. The third kappa shape index (κ3) is 5.23. The normalized spacial score (nSPS) is 13.4. The van der Waals surface area contributed by atoms with Gasteiger partial charge in [-0.1, -0.05) is 18.2 Å². The van der Waals surface area contributed by atoms with Gasteiger partial charge in [0.25, 0.3) is 10.0 Å². The number of carbonyl (C=O) groups is 2. The summed E-state index contributed by atoms with van der Waals surface area (Å²) in [7, 11) is -1.97. The molecule has 0 radical (unpaired) electrons. The minimum Gasteiger partial charge on any atom is -0.493 e. The largest absolute Gasteiger partial charge is 0.493 e. The zero-order valence-corrected chi connectivity index (χ0v) is 21.0. The Morgan fingerprint density at radius 3 is 2.39 bits per heavy atom. The number of rotatable bonds is 7. The van der Waals surface area contributed by atoms with Crippen molar-refractivity contribution in [3.63, 3.8) is 0 Å². The van der Waals surface area contributed by atoms with Gasteiger partial charge < -0.3 is 14.8 Å². The molecule has 0 spiro atoms. The molecule has 0 aliphatic carbocycles. The zero-order chi connectivity index (χ0) is 27.7.